The predicted molar refractivity (Wildman–Crippen MR) is 144 cm³/mol. The first-order chi connectivity index (χ1) is 18.4. The van der Waals surface area contributed by atoms with Gasteiger partial charge < -0.3 is 20.1 Å². The van der Waals surface area contributed by atoms with Gasteiger partial charge in [0.2, 0.25) is 5.91 Å². The van der Waals surface area contributed by atoms with Gasteiger partial charge in [0, 0.05) is 48.9 Å². The first-order valence-electron chi connectivity index (χ1n) is 11.9. The molecule has 2 atom stereocenters. The van der Waals surface area contributed by atoms with Crippen molar-refractivity contribution in [2.75, 3.05) is 11.9 Å². The summed E-state index contributed by atoms with van der Waals surface area (Å²) in [5.41, 5.74) is 2.71. The number of pyridine rings is 1. The van der Waals surface area contributed by atoms with Crippen molar-refractivity contribution in [1.29, 1.82) is 0 Å². The molecular formula is C27H23FN6O3S. The third kappa shape index (κ3) is 5.23. The van der Waals surface area contributed by atoms with Crippen LogP contribution in [0.1, 0.15) is 29.9 Å². The minimum absolute atomic E-state index is 0.0159. The van der Waals surface area contributed by atoms with Gasteiger partial charge in [-0.25, -0.2) is 4.39 Å². The zero-order valence-corrected chi connectivity index (χ0v) is 20.8. The number of carbonyl (C=O) groups is 1. The number of nitro groups is 1. The van der Waals surface area contributed by atoms with Crippen molar-refractivity contribution in [2.45, 2.75) is 18.5 Å². The number of nitrogens with one attached hydrogen (secondary N) is 2. The van der Waals surface area contributed by atoms with Gasteiger partial charge in [-0.1, -0.05) is 12.1 Å². The van der Waals surface area contributed by atoms with Crippen LogP contribution in [-0.4, -0.2) is 36.9 Å². The Balaban J connectivity index is 1.45. The van der Waals surface area contributed by atoms with E-state index in [1.165, 1.54) is 36.4 Å². The van der Waals surface area contributed by atoms with Crippen LogP contribution < -0.4 is 10.6 Å². The number of benzene rings is 2. The molecule has 1 saturated heterocycles. The monoisotopic (exact) mass is 530 g/mol. The van der Waals surface area contributed by atoms with Gasteiger partial charge >= 0.3 is 0 Å². The Labute approximate surface area is 223 Å². The van der Waals surface area contributed by atoms with Crippen LogP contribution in [0.4, 0.5) is 15.8 Å². The van der Waals surface area contributed by atoms with E-state index in [1.807, 2.05) is 46.0 Å². The molecule has 0 saturated carbocycles. The molecule has 0 aliphatic carbocycles. The lowest BCUT2D eigenvalue weighted by Gasteiger charge is -2.28. The number of nitrogens with zero attached hydrogens (tertiary/aromatic N) is 4. The van der Waals surface area contributed by atoms with E-state index >= 15 is 0 Å². The van der Waals surface area contributed by atoms with Crippen LogP contribution in [0, 0.1) is 15.9 Å². The number of rotatable bonds is 8. The second-order valence-electron chi connectivity index (χ2n) is 8.71. The number of aromatic nitrogens is 2. The smallest absolute Gasteiger partial charge is 0.271 e. The van der Waals surface area contributed by atoms with Crippen molar-refractivity contribution in [3.63, 3.8) is 0 Å². The number of nitro benzene ring substituents is 1. The first-order valence-corrected chi connectivity index (χ1v) is 12.3. The van der Waals surface area contributed by atoms with Crippen LogP contribution in [0.3, 0.4) is 0 Å². The van der Waals surface area contributed by atoms with Gasteiger partial charge in [0.05, 0.1) is 28.4 Å². The quantitative estimate of drug-likeness (QED) is 0.189. The molecular weight excluding hydrogens is 507 g/mol. The van der Waals surface area contributed by atoms with E-state index in [0.29, 0.717) is 23.0 Å². The number of carbonyl (C=O) groups excluding carboxylic acids is 1. The average Bonchev–Trinajstić information content (AvgIpc) is 3.53. The van der Waals surface area contributed by atoms with Crippen molar-refractivity contribution in [1.82, 2.24) is 19.8 Å². The lowest BCUT2D eigenvalue weighted by Crippen LogP contribution is -2.33. The van der Waals surface area contributed by atoms with Crippen molar-refractivity contribution in [2.24, 2.45) is 0 Å². The van der Waals surface area contributed by atoms with E-state index in [2.05, 4.69) is 15.6 Å². The fourth-order valence-electron chi connectivity index (χ4n) is 4.57. The summed E-state index contributed by atoms with van der Waals surface area (Å²) in [6.07, 6.45) is 3.67. The fraction of sp³-hybridized carbons (Fsp3) is 0.148. The summed E-state index contributed by atoms with van der Waals surface area (Å²) in [6.45, 7) is 0.299. The lowest BCUT2D eigenvalue weighted by atomic mass is 10.0. The van der Waals surface area contributed by atoms with Crippen molar-refractivity contribution in [3.8, 4) is 5.69 Å². The zero-order chi connectivity index (χ0) is 26.6. The molecule has 1 aliphatic heterocycles. The summed E-state index contributed by atoms with van der Waals surface area (Å²) in [6, 6.07) is 20.7. The van der Waals surface area contributed by atoms with Crippen LogP contribution in [-0.2, 0) is 4.79 Å². The number of hydrogen-bond acceptors (Lipinski definition) is 5. The Kier molecular flexibility index (Phi) is 7.09. The third-order valence-corrected chi connectivity index (χ3v) is 6.66. The number of amides is 1. The number of anilines is 1. The third-order valence-electron chi connectivity index (χ3n) is 6.31. The van der Waals surface area contributed by atoms with Gasteiger partial charge in [-0.05, 0) is 66.8 Å². The summed E-state index contributed by atoms with van der Waals surface area (Å²) >= 11 is 5.69. The maximum atomic E-state index is 13.2. The van der Waals surface area contributed by atoms with E-state index in [9.17, 15) is 19.3 Å². The maximum absolute atomic E-state index is 13.2. The van der Waals surface area contributed by atoms with Gasteiger partial charge in [-0.3, -0.25) is 19.9 Å². The Morgan fingerprint density at radius 2 is 1.92 bits per heavy atom. The Bertz CT molecular complexity index is 1480. The second-order valence-corrected chi connectivity index (χ2v) is 9.09. The molecule has 5 rings (SSSR count). The molecule has 3 heterocycles. The van der Waals surface area contributed by atoms with Gasteiger partial charge in [0.25, 0.3) is 5.69 Å². The highest BCUT2D eigenvalue weighted by Gasteiger charge is 2.41. The molecule has 38 heavy (non-hydrogen) atoms. The number of thiocarbonyl (C=S) groups is 1. The largest absolute Gasteiger partial charge is 0.352 e. The SMILES string of the molecule is O=C(CCN1C(=S)N[C@@H](c2ccccn2)[C@@H]1c1cccn1-c1cccc([N+](=O)[O-])c1)Nc1ccc(F)cc1. The van der Waals surface area contributed by atoms with E-state index in [4.69, 9.17) is 12.2 Å². The van der Waals surface area contributed by atoms with Crippen molar-refractivity contribution >= 4 is 34.6 Å². The molecule has 192 valence electrons. The molecule has 2 aromatic carbocycles. The molecule has 0 radical (unpaired) electrons. The molecule has 0 bridgehead atoms. The molecule has 1 fully saturated rings. The molecule has 9 nitrogen and oxygen atoms in total. The summed E-state index contributed by atoms with van der Waals surface area (Å²) < 4.78 is 15.1. The van der Waals surface area contributed by atoms with Crippen molar-refractivity contribution in [3.05, 3.63) is 119 Å². The highest BCUT2D eigenvalue weighted by Crippen LogP contribution is 2.39. The summed E-state index contributed by atoms with van der Waals surface area (Å²) in [7, 11) is 0. The minimum Gasteiger partial charge on any atom is -0.352 e. The number of non-ortho nitro benzene ring substituents is 1. The van der Waals surface area contributed by atoms with E-state index in [-0.39, 0.29) is 35.9 Å². The Morgan fingerprint density at radius 1 is 1.11 bits per heavy atom. The molecule has 11 heteroatoms. The molecule has 2 N–H and O–H groups in total. The second kappa shape index (κ2) is 10.8. The van der Waals surface area contributed by atoms with E-state index in [1.54, 1.807) is 18.3 Å². The maximum Gasteiger partial charge on any atom is 0.271 e. The van der Waals surface area contributed by atoms with Crippen LogP contribution in [0.2, 0.25) is 0 Å². The fourth-order valence-corrected chi connectivity index (χ4v) is 4.91. The summed E-state index contributed by atoms with van der Waals surface area (Å²) in [5, 5.41) is 18.0. The topological polar surface area (TPSA) is 105 Å². The first kappa shape index (κ1) is 25.0. The number of hydrogen-bond donors (Lipinski definition) is 2. The Morgan fingerprint density at radius 3 is 2.66 bits per heavy atom. The summed E-state index contributed by atoms with van der Waals surface area (Å²) in [5.74, 6) is -0.625. The molecule has 0 unspecified atom stereocenters. The van der Waals surface area contributed by atoms with Crippen molar-refractivity contribution < 1.29 is 14.1 Å². The molecule has 0 spiro atoms. The highest BCUT2D eigenvalue weighted by molar-refractivity contribution is 7.80. The van der Waals surface area contributed by atoms with Gasteiger partial charge in [-0.2, -0.15) is 0 Å². The summed E-state index contributed by atoms with van der Waals surface area (Å²) in [4.78, 5) is 30.1. The van der Waals surface area contributed by atoms with E-state index < -0.39 is 4.92 Å². The van der Waals surface area contributed by atoms with Gasteiger partial charge in [0.15, 0.2) is 5.11 Å². The predicted octanol–water partition coefficient (Wildman–Crippen LogP) is 4.92. The molecule has 4 aromatic rings. The average molecular weight is 531 g/mol. The van der Waals surface area contributed by atoms with Crippen LogP contribution in [0.25, 0.3) is 5.69 Å². The van der Waals surface area contributed by atoms with Crippen LogP contribution in [0.5, 0.6) is 0 Å². The van der Waals surface area contributed by atoms with Crippen LogP contribution >= 0.6 is 12.2 Å². The Hall–Kier alpha value is -4.64. The molecule has 1 amide bonds. The molecule has 2 aromatic heterocycles. The lowest BCUT2D eigenvalue weighted by molar-refractivity contribution is -0.384. The molecule has 1 aliphatic rings. The zero-order valence-electron chi connectivity index (χ0n) is 20.0. The number of halogens is 1. The standard InChI is InChI=1S/C27H23FN6O3S/c28-18-9-11-19(12-10-18)30-24(35)13-16-33-26(25(31-27(33)38)22-7-1-2-14-29-22)23-8-4-15-32(23)20-5-3-6-21(17-20)34(36)37/h1-12,14-15,17,25-26H,13,16H2,(H,30,35)(H,31,38)/t25-,26-/m0/s1. The van der Waals surface area contributed by atoms with Gasteiger partial charge in [0.1, 0.15) is 5.82 Å². The van der Waals surface area contributed by atoms with Gasteiger partial charge in [-0.15, -0.1) is 0 Å². The minimum atomic E-state index is -0.429. The van der Waals surface area contributed by atoms with E-state index in [0.717, 1.165) is 11.4 Å². The highest BCUT2D eigenvalue weighted by atomic mass is 32.1. The normalized spacial score (nSPS) is 16.8. The van der Waals surface area contributed by atoms with Crippen LogP contribution in [0.15, 0.2) is 91.3 Å².